The predicted molar refractivity (Wildman–Crippen MR) is 114 cm³/mol. The average Bonchev–Trinajstić information content (AvgIpc) is 3.47. The number of carbonyl (C=O) groups excluding carboxylic acids is 2. The Morgan fingerprint density at radius 2 is 1.71 bits per heavy atom. The van der Waals surface area contributed by atoms with Gasteiger partial charge in [-0.25, -0.2) is 4.68 Å². The molecule has 0 N–H and O–H groups in total. The Morgan fingerprint density at radius 3 is 2.32 bits per heavy atom. The number of hydrogen-bond acceptors (Lipinski definition) is 5. The van der Waals surface area contributed by atoms with E-state index in [0.717, 1.165) is 16.1 Å². The summed E-state index contributed by atoms with van der Waals surface area (Å²) < 4.78 is 12.5. The fraction of sp³-hybridized carbons (Fsp3) is 0.318. The van der Waals surface area contributed by atoms with E-state index in [4.69, 9.17) is 20.8 Å². The van der Waals surface area contributed by atoms with Crippen LogP contribution in [-0.4, -0.2) is 57.6 Å². The van der Waals surface area contributed by atoms with Gasteiger partial charge in [-0.15, -0.1) is 0 Å². The molecule has 8 nitrogen and oxygen atoms in total. The van der Waals surface area contributed by atoms with Gasteiger partial charge in [0.15, 0.2) is 18.2 Å². The zero-order valence-electron chi connectivity index (χ0n) is 17.4. The largest absolute Gasteiger partial charge is 0.471 e. The minimum Gasteiger partial charge on any atom is -0.471 e. The van der Waals surface area contributed by atoms with E-state index < -0.39 is 0 Å². The highest BCUT2D eigenvalue weighted by Crippen LogP contribution is 2.26. The Balaban J connectivity index is 1.32. The monoisotopic (exact) mass is 442 g/mol. The highest BCUT2D eigenvalue weighted by Gasteiger charge is 2.27. The van der Waals surface area contributed by atoms with Crippen LogP contribution < -0.4 is 4.74 Å². The number of nitrogens with zero attached hydrogens (tertiary/aromatic N) is 4. The molecule has 1 aromatic carbocycles. The molecule has 162 valence electrons. The molecule has 0 radical (unpaired) electrons. The van der Waals surface area contributed by atoms with E-state index in [1.165, 1.54) is 6.26 Å². The van der Waals surface area contributed by atoms with Crippen molar-refractivity contribution in [2.75, 3.05) is 26.2 Å². The van der Waals surface area contributed by atoms with Crippen molar-refractivity contribution >= 4 is 23.4 Å². The van der Waals surface area contributed by atoms with E-state index in [1.54, 1.807) is 38.9 Å². The second-order valence-electron chi connectivity index (χ2n) is 7.45. The van der Waals surface area contributed by atoms with Gasteiger partial charge in [0.2, 0.25) is 0 Å². The molecule has 9 heteroatoms. The van der Waals surface area contributed by atoms with Gasteiger partial charge in [0.1, 0.15) is 5.75 Å². The standard InChI is InChI=1S/C22H23ClN4O4/c1-15-12-17(13-16(2)20(15)23)31-14-27-6-5-18(24-27)21(28)25-7-9-26(10-8-25)22(29)19-4-3-11-30-19/h3-6,11-13H,7-10,14H2,1-2H3. The number of aromatic nitrogens is 2. The van der Waals surface area contributed by atoms with Crippen LogP contribution in [0, 0.1) is 13.8 Å². The third-order valence-corrected chi connectivity index (χ3v) is 5.82. The van der Waals surface area contributed by atoms with Gasteiger partial charge < -0.3 is 19.0 Å². The molecule has 3 aromatic rings. The summed E-state index contributed by atoms with van der Waals surface area (Å²) in [5, 5.41) is 5.06. The lowest BCUT2D eigenvalue weighted by Crippen LogP contribution is -2.50. The van der Waals surface area contributed by atoms with Crippen molar-refractivity contribution < 1.29 is 18.7 Å². The summed E-state index contributed by atoms with van der Waals surface area (Å²) in [6.45, 7) is 5.81. The fourth-order valence-corrected chi connectivity index (χ4v) is 3.62. The summed E-state index contributed by atoms with van der Waals surface area (Å²) in [6, 6.07) is 8.73. The SMILES string of the molecule is Cc1cc(OCn2ccc(C(=O)N3CCN(C(=O)c4ccco4)CC3)n2)cc(C)c1Cl. The normalized spacial score (nSPS) is 14.0. The van der Waals surface area contributed by atoms with E-state index in [1.807, 2.05) is 26.0 Å². The van der Waals surface area contributed by atoms with E-state index in [2.05, 4.69) is 5.10 Å². The zero-order chi connectivity index (χ0) is 22.0. The summed E-state index contributed by atoms with van der Waals surface area (Å²) in [5.74, 6) is 0.679. The molecular weight excluding hydrogens is 420 g/mol. The molecule has 31 heavy (non-hydrogen) atoms. The first-order valence-corrected chi connectivity index (χ1v) is 10.4. The number of piperazine rings is 1. The molecule has 2 amide bonds. The molecule has 1 fully saturated rings. The Kier molecular flexibility index (Phi) is 5.99. The van der Waals surface area contributed by atoms with Crippen LogP contribution >= 0.6 is 11.6 Å². The van der Waals surface area contributed by atoms with Crippen molar-refractivity contribution in [1.82, 2.24) is 19.6 Å². The lowest BCUT2D eigenvalue weighted by molar-refractivity contribution is 0.0514. The number of rotatable bonds is 5. The average molecular weight is 443 g/mol. The molecule has 0 saturated carbocycles. The van der Waals surface area contributed by atoms with Crippen molar-refractivity contribution in [2.45, 2.75) is 20.6 Å². The van der Waals surface area contributed by atoms with Gasteiger partial charge in [-0.2, -0.15) is 5.10 Å². The molecule has 1 saturated heterocycles. The van der Waals surface area contributed by atoms with Gasteiger partial charge in [0.25, 0.3) is 11.8 Å². The van der Waals surface area contributed by atoms with Crippen LogP contribution in [-0.2, 0) is 6.73 Å². The number of carbonyl (C=O) groups is 2. The molecule has 0 aliphatic carbocycles. The number of halogens is 1. The second kappa shape index (κ2) is 8.85. The van der Waals surface area contributed by atoms with Gasteiger partial charge in [0.05, 0.1) is 6.26 Å². The molecule has 3 heterocycles. The van der Waals surface area contributed by atoms with E-state index in [9.17, 15) is 9.59 Å². The molecule has 1 aliphatic rings. The van der Waals surface area contributed by atoms with Crippen molar-refractivity contribution in [3.05, 3.63) is 70.4 Å². The van der Waals surface area contributed by atoms with Crippen LogP contribution in [0.15, 0.2) is 47.2 Å². The number of hydrogen-bond donors (Lipinski definition) is 0. The van der Waals surface area contributed by atoms with Crippen molar-refractivity contribution in [3.8, 4) is 5.75 Å². The third kappa shape index (κ3) is 4.59. The predicted octanol–water partition coefficient (Wildman–Crippen LogP) is 3.38. The molecule has 0 spiro atoms. The second-order valence-corrected chi connectivity index (χ2v) is 7.82. The van der Waals surface area contributed by atoms with Gasteiger partial charge in [-0.05, 0) is 55.3 Å². The molecule has 1 aliphatic heterocycles. The first-order chi connectivity index (χ1) is 14.9. The molecule has 2 aromatic heterocycles. The molecular formula is C22H23ClN4O4. The van der Waals surface area contributed by atoms with E-state index in [-0.39, 0.29) is 18.5 Å². The lowest BCUT2D eigenvalue weighted by Gasteiger charge is -2.33. The summed E-state index contributed by atoms with van der Waals surface area (Å²) in [7, 11) is 0. The Morgan fingerprint density at radius 1 is 1.06 bits per heavy atom. The van der Waals surface area contributed by atoms with Crippen LogP contribution in [0.3, 0.4) is 0 Å². The minimum absolute atomic E-state index is 0.161. The highest BCUT2D eigenvalue weighted by atomic mass is 35.5. The summed E-state index contributed by atoms with van der Waals surface area (Å²) in [6.07, 6.45) is 3.18. The summed E-state index contributed by atoms with van der Waals surface area (Å²) in [4.78, 5) is 28.5. The zero-order valence-corrected chi connectivity index (χ0v) is 18.1. The van der Waals surface area contributed by atoms with Gasteiger partial charge in [-0.1, -0.05) is 11.6 Å². The first kappa shape index (κ1) is 21.0. The smallest absolute Gasteiger partial charge is 0.289 e. The summed E-state index contributed by atoms with van der Waals surface area (Å²) >= 11 is 6.19. The molecule has 0 bridgehead atoms. The minimum atomic E-state index is -0.165. The third-order valence-electron chi connectivity index (χ3n) is 5.22. The van der Waals surface area contributed by atoms with Crippen LogP contribution in [0.2, 0.25) is 5.02 Å². The number of aryl methyl sites for hydroxylation is 2. The Bertz CT molecular complexity index is 1060. The van der Waals surface area contributed by atoms with Crippen LogP contribution in [0.5, 0.6) is 5.75 Å². The number of ether oxygens (including phenoxy) is 1. The first-order valence-electron chi connectivity index (χ1n) is 9.97. The summed E-state index contributed by atoms with van der Waals surface area (Å²) in [5.41, 5.74) is 2.23. The molecule has 0 unspecified atom stereocenters. The maximum atomic E-state index is 12.8. The van der Waals surface area contributed by atoms with Crippen molar-refractivity contribution in [2.24, 2.45) is 0 Å². The fourth-order valence-electron chi connectivity index (χ4n) is 3.51. The van der Waals surface area contributed by atoms with Gasteiger partial charge >= 0.3 is 0 Å². The van der Waals surface area contributed by atoms with Gasteiger partial charge in [-0.3, -0.25) is 9.59 Å². The maximum Gasteiger partial charge on any atom is 0.289 e. The van der Waals surface area contributed by atoms with E-state index in [0.29, 0.717) is 43.4 Å². The van der Waals surface area contributed by atoms with Crippen molar-refractivity contribution in [3.63, 3.8) is 0 Å². The lowest BCUT2D eigenvalue weighted by atomic mass is 10.1. The van der Waals surface area contributed by atoms with Crippen molar-refractivity contribution in [1.29, 1.82) is 0 Å². The topological polar surface area (TPSA) is 80.8 Å². The quantitative estimate of drug-likeness (QED) is 0.605. The van der Waals surface area contributed by atoms with Crippen LogP contribution in [0.25, 0.3) is 0 Å². The number of benzene rings is 1. The highest BCUT2D eigenvalue weighted by molar-refractivity contribution is 6.32. The maximum absolute atomic E-state index is 12.8. The number of furan rings is 1. The molecule has 0 atom stereocenters. The Hall–Kier alpha value is -3.26. The number of amides is 2. The molecule has 4 rings (SSSR count). The Labute approximate surface area is 184 Å². The van der Waals surface area contributed by atoms with Crippen LogP contribution in [0.1, 0.15) is 32.2 Å². The van der Waals surface area contributed by atoms with Crippen LogP contribution in [0.4, 0.5) is 0 Å². The van der Waals surface area contributed by atoms with E-state index >= 15 is 0 Å². The van der Waals surface area contributed by atoms with Gasteiger partial charge in [0, 0.05) is 37.4 Å².